The first-order chi connectivity index (χ1) is 11.7. The van der Waals surface area contributed by atoms with E-state index in [4.69, 9.17) is 9.94 Å². The predicted octanol–water partition coefficient (Wildman–Crippen LogP) is 2.03. The van der Waals surface area contributed by atoms with Crippen LogP contribution in [-0.2, 0) is 0 Å². The second-order valence-corrected chi connectivity index (χ2v) is 5.19. The van der Waals surface area contributed by atoms with Gasteiger partial charge in [0.15, 0.2) is 5.69 Å². The van der Waals surface area contributed by atoms with E-state index in [0.717, 1.165) is 27.9 Å². The summed E-state index contributed by atoms with van der Waals surface area (Å²) < 4.78 is 6.82. The Morgan fingerprint density at radius 3 is 2.71 bits per heavy atom. The van der Waals surface area contributed by atoms with Crippen LogP contribution in [0.15, 0.2) is 42.6 Å². The Kier molecular flexibility index (Phi) is 3.17. The number of nitrogens with one attached hydrogen (secondary N) is 2. The largest absolute Gasteiger partial charge is 0.497 e. The number of hydrogen-bond acceptors (Lipinski definition) is 5. The molecule has 1 amide bonds. The molecule has 2 aromatic heterocycles. The fourth-order valence-corrected chi connectivity index (χ4v) is 2.76. The minimum absolute atomic E-state index is 0.131. The molecule has 8 nitrogen and oxygen atoms in total. The lowest BCUT2D eigenvalue weighted by atomic mass is 10.1. The summed E-state index contributed by atoms with van der Waals surface area (Å²) in [5.74, 6) is 0.0482. The molecule has 0 atom stereocenters. The SMILES string of the molecule is COc1ccc(-n2nc(C(=O)NO)c3ccc4[nH]ncc4c32)cc1. The molecule has 0 aliphatic rings. The van der Waals surface area contributed by atoms with Crippen LogP contribution in [0.5, 0.6) is 5.75 Å². The molecule has 0 radical (unpaired) electrons. The Hall–Kier alpha value is -3.39. The van der Waals surface area contributed by atoms with Crippen molar-refractivity contribution in [3.05, 3.63) is 48.3 Å². The number of H-pyrrole nitrogens is 1. The van der Waals surface area contributed by atoms with Gasteiger partial charge in [-0.3, -0.25) is 15.1 Å². The van der Waals surface area contributed by atoms with Gasteiger partial charge in [0, 0.05) is 10.8 Å². The topological polar surface area (TPSA) is 105 Å². The molecule has 0 aliphatic heterocycles. The van der Waals surface area contributed by atoms with Crippen LogP contribution in [0.25, 0.3) is 27.5 Å². The van der Waals surface area contributed by atoms with E-state index in [1.54, 1.807) is 29.5 Å². The van der Waals surface area contributed by atoms with Crippen LogP contribution in [-0.4, -0.2) is 38.2 Å². The highest BCUT2D eigenvalue weighted by molar-refractivity contribution is 6.12. The highest BCUT2D eigenvalue weighted by atomic mass is 16.5. The molecule has 4 rings (SSSR count). The Bertz CT molecular complexity index is 1050. The van der Waals surface area contributed by atoms with Gasteiger partial charge >= 0.3 is 0 Å². The number of hydrogen-bond donors (Lipinski definition) is 3. The third-order valence-corrected chi connectivity index (χ3v) is 3.90. The molecular weight excluding hydrogens is 310 g/mol. The number of benzene rings is 2. The molecule has 0 aliphatic carbocycles. The van der Waals surface area contributed by atoms with Crippen molar-refractivity contribution in [2.75, 3.05) is 7.11 Å². The standard InChI is InChI=1S/C16H13N5O3/c1-24-10-4-2-9(3-5-10)21-15-11(14(19-21)16(22)20-23)6-7-13-12(15)8-17-18-13/h2-8,23H,1H3,(H,17,18)(H,20,22). The Morgan fingerprint density at radius 2 is 2.00 bits per heavy atom. The summed E-state index contributed by atoms with van der Waals surface area (Å²) in [7, 11) is 1.59. The number of carbonyl (C=O) groups is 1. The first-order valence-corrected chi connectivity index (χ1v) is 7.16. The number of aromatic nitrogens is 4. The maximum Gasteiger partial charge on any atom is 0.295 e. The molecule has 2 heterocycles. The van der Waals surface area contributed by atoms with Crippen molar-refractivity contribution in [3.8, 4) is 11.4 Å². The number of ether oxygens (including phenoxy) is 1. The Labute approximate surface area is 135 Å². The molecule has 0 unspecified atom stereocenters. The lowest BCUT2D eigenvalue weighted by Gasteiger charge is -2.05. The summed E-state index contributed by atoms with van der Waals surface area (Å²) in [6, 6.07) is 10.9. The minimum atomic E-state index is -0.671. The van der Waals surface area contributed by atoms with Gasteiger partial charge < -0.3 is 4.74 Å². The van der Waals surface area contributed by atoms with Crippen LogP contribution < -0.4 is 10.2 Å². The van der Waals surface area contributed by atoms with Gasteiger partial charge in [0.25, 0.3) is 5.91 Å². The van der Waals surface area contributed by atoms with Gasteiger partial charge in [0.2, 0.25) is 0 Å². The van der Waals surface area contributed by atoms with Crippen molar-refractivity contribution in [3.63, 3.8) is 0 Å². The summed E-state index contributed by atoms with van der Waals surface area (Å²) in [6.07, 6.45) is 1.68. The molecule has 2 aromatic carbocycles. The van der Waals surface area contributed by atoms with Crippen LogP contribution >= 0.6 is 0 Å². The Morgan fingerprint density at radius 1 is 1.21 bits per heavy atom. The van der Waals surface area contributed by atoms with Gasteiger partial charge in [-0.2, -0.15) is 10.2 Å². The zero-order chi connectivity index (χ0) is 16.7. The van der Waals surface area contributed by atoms with Crippen molar-refractivity contribution >= 4 is 27.7 Å². The van der Waals surface area contributed by atoms with Gasteiger partial charge in [-0.05, 0) is 36.4 Å². The average molecular weight is 323 g/mol. The van der Waals surface area contributed by atoms with Crippen molar-refractivity contribution in [1.82, 2.24) is 25.5 Å². The van der Waals surface area contributed by atoms with Crippen molar-refractivity contribution in [2.24, 2.45) is 0 Å². The lowest BCUT2D eigenvalue weighted by Crippen LogP contribution is -2.19. The normalized spacial score (nSPS) is 11.1. The van der Waals surface area contributed by atoms with E-state index in [2.05, 4.69) is 15.3 Å². The first kappa shape index (κ1) is 14.2. The summed E-state index contributed by atoms with van der Waals surface area (Å²) in [6.45, 7) is 0. The van der Waals surface area contributed by atoms with E-state index in [1.165, 1.54) is 0 Å². The molecule has 8 heteroatoms. The van der Waals surface area contributed by atoms with Gasteiger partial charge in [-0.25, -0.2) is 10.2 Å². The van der Waals surface area contributed by atoms with E-state index in [0.29, 0.717) is 5.39 Å². The molecule has 120 valence electrons. The van der Waals surface area contributed by atoms with E-state index in [9.17, 15) is 4.79 Å². The monoisotopic (exact) mass is 323 g/mol. The number of hydroxylamine groups is 1. The third kappa shape index (κ3) is 2.01. The van der Waals surface area contributed by atoms with Crippen LogP contribution in [0.3, 0.4) is 0 Å². The van der Waals surface area contributed by atoms with Crippen LogP contribution in [0.4, 0.5) is 0 Å². The quantitative estimate of drug-likeness (QED) is 0.395. The van der Waals surface area contributed by atoms with Gasteiger partial charge in [0.05, 0.1) is 30.0 Å². The third-order valence-electron chi connectivity index (χ3n) is 3.90. The average Bonchev–Trinajstić information content (AvgIpc) is 3.25. The second-order valence-electron chi connectivity index (χ2n) is 5.19. The van der Waals surface area contributed by atoms with Gasteiger partial charge in [-0.15, -0.1) is 0 Å². The summed E-state index contributed by atoms with van der Waals surface area (Å²) >= 11 is 0. The summed E-state index contributed by atoms with van der Waals surface area (Å²) in [5.41, 5.74) is 4.08. The predicted molar refractivity (Wildman–Crippen MR) is 86.5 cm³/mol. The van der Waals surface area contributed by atoms with Crippen LogP contribution in [0.2, 0.25) is 0 Å². The molecule has 0 bridgehead atoms. The molecule has 0 spiro atoms. The number of rotatable bonds is 3. The number of amides is 1. The smallest absolute Gasteiger partial charge is 0.295 e. The fourth-order valence-electron chi connectivity index (χ4n) is 2.76. The minimum Gasteiger partial charge on any atom is -0.497 e. The first-order valence-electron chi connectivity index (χ1n) is 7.16. The molecule has 24 heavy (non-hydrogen) atoms. The number of methoxy groups -OCH3 is 1. The van der Waals surface area contributed by atoms with Gasteiger partial charge in [0.1, 0.15) is 5.75 Å². The molecular formula is C16H13N5O3. The van der Waals surface area contributed by atoms with Crippen LogP contribution in [0.1, 0.15) is 10.5 Å². The number of carbonyl (C=O) groups excluding carboxylic acids is 1. The van der Waals surface area contributed by atoms with E-state index in [-0.39, 0.29) is 5.69 Å². The summed E-state index contributed by atoms with van der Waals surface area (Å²) in [4.78, 5) is 12.0. The molecule has 0 saturated heterocycles. The maximum absolute atomic E-state index is 12.0. The number of nitrogens with zero attached hydrogens (tertiary/aromatic N) is 3. The van der Waals surface area contributed by atoms with Crippen molar-refractivity contribution < 1.29 is 14.7 Å². The zero-order valence-corrected chi connectivity index (χ0v) is 12.6. The maximum atomic E-state index is 12.0. The molecule has 0 saturated carbocycles. The van der Waals surface area contributed by atoms with Gasteiger partial charge in [-0.1, -0.05) is 0 Å². The Balaban J connectivity index is 2.05. The molecule has 4 aromatic rings. The number of fused-ring (bicyclic) bond motifs is 3. The molecule has 0 fully saturated rings. The van der Waals surface area contributed by atoms with Crippen molar-refractivity contribution in [2.45, 2.75) is 0 Å². The second kappa shape index (κ2) is 5.36. The van der Waals surface area contributed by atoms with Crippen molar-refractivity contribution in [1.29, 1.82) is 0 Å². The van der Waals surface area contributed by atoms with E-state index in [1.807, 2.05) is 30.3 Å². The van der Waals surface area contributed by atoms with Crippen LogP contribution in [0, 0.1) is 0 Å². The zero-order valence-electron chi connectivity index (χ0n) is 12.6. The summed E-state index contributed by atoms with van der Waals surface area (Å²) in [5, 5.41) is 21.8. The molecule has 3 N–H and O–H groups in total. The fraction of sp³-hybridized carbons (Fsp3) is 0.0625. The highest BCUT2D eigenvalue weighted by Crippen LogP contribution is 2.29. The lowest BCUT2D eigenvalue weighted by molar-refractivity contribution is 0.0702. The number of aromatic amines is 1. The van der Waals surface area contributed by atoms with E-state index >= 15 is 0 Å². The highest BCUT2D eigenvalue weighted by Gasteiger charge is 2.20. The van der Waals surface area contributed by atoms with E-state index < -0.39 is 5.91 Å².